The first-order valence-electron chi connectivity index (χ1n) is 7.09. The summed E-state index contributed by atoms with van der Waals surface area (Å²) in [6.45, 7) is 0.0331. The summed E-state index contributed by atoms with van der Waals surface area (Å²) < 4.78 is 16.0. The van der Waals surface area contributed by atoms with Crippen LogP contribution in [0.1, 0.15) is 17.2 Å². The fourth-order valence-corrected chi connectivity index (χ4v) is 2.30. The van der Waals surface area contributed by atoms with Gasteiger partial charge >= 0.3 is 0 Å². The van der Waals surface area contributed by atoms with E-state index in [0.717, 1.165) is 5.56 Å². The first kappa shape index (κ1) is 15.1. The second-order valence-electron chi connectivity index (χ2n) is 4.82. The number of benzene rings is 2. The molecule has 1 amide bonds. The molecule has 3 rings (SSSR count). The van der Waals surface area contributed by atoms with Gasteiger partial charge in [0, 0.05) is 11.1 Å². The number of nitrogens with one attached hydrogen (secondary N) is 1. The normalized spacial score (nSPS) is 16.5. The van der Waals surface area contributed by atoms with Gasteiger partial charge in [-0.3, -0.25) is 4.79 Å². The number of ether oxygens (including phenoxy) is 3. The van der Waals surface area contributed by atoms with Gasteiger partial charge in [-0.25, -0.2) is 5.43 Å². The van der Waals surface area contributed by atoms with Crippen molar-refractivity contribution in [2.45, 2.75) is 6.10 Å². The van der Waals surface area contributed by atoms with E-state index in [1.807, 2.05) is 36.4 Å². The number of hydrazone groups is 1. The Morgan fingerprint density at radius 3 is 2.91 bits per heavy atom. The van der Waals surface area contributed by atoms with E-state index in [2.05, 4.69) is 10.5 Å². The number of para-hydroxylation sites is 2. The van der Waals surface area contributed by atoms with E-state index >= 15 is 0 Å². The minimum absolute atomic E-state index is 0.0331. The number of hydrogen-bond donors (Lipinski definition) is 1. The minimum atomic E-state index is -0.741. The maximum absolute atomic E-state index is 12.3. The number of carbonyl (C=O) groups excluding carboxylic acids is 1. The van der Waals surface area contributed by atoms with Gasteiger partial charge in [0.15, 0.2) is 12.9 Å². The summed E-state index contributed by atoms with van der Waals surface area (Å²) in [5.74, 6) is 0.970. The molecule has 118 valence electrons. The molecular weight excluding hydrogens is 296 g/mol. The zero-order valence-electron chi connectivity index (χ0n) is 12.6. The molecule has 1 N–H and O–H groups in total. The highest BCUT2D eigenvalue weighted by atomic mass is 16.7. The predicted octanol–water partition coefficient (Wildman–Crippen LogP) is 2.25. The molecule has 0 saturated carbocycles. The van der Waals surface area contributed by atoms with Crippen molar-refractivity contribution in [1.29, 1.82) is 0 Å². The molecular formula is C17H16N2O4. The molecule has 23 heavy (non-hydrogen) atoms. The summed E-state index contributed by atoms with van der Waals surface area (Å²) in [6.07, 6.45) is 0.789. The molecule has 2 aromatic rings. The molecule has 6 heteroatoms. The topological polar surface area (TPSA) is 69.2 Å². The second kappa shape index (κ2) is 6.93. The molecule has 1 atom stereocenters. The largest absolute Gasteiger partial charge is 0.496 e. The number of carbonyl (C=O) groups is 1. The molecule has 0 aromatic heterocycles. The van der Waals surface area contributed by atoms with Crippen molar-refractivity contribution >= 4 is 12.1 Å². The Bertz CT molecular complexity index is 730. The number of rotatable bonds is 4. The van der Waals surface area contributed by atoms with E-state index in [-0.39, 0.29) is 12.7 Å². The lowest BCUT2D eigenvalue weighted by atomic mass is 10.1. The molecule has 6 nitrogen and oxygen atoms in total. The third-order valence-electron chi connectivity index (χ3n) is 3.41. The van der Waals surface area contributed by atoms with E-state index in [1.165, 1.54) is 6.21 Å². The van der Waals surface area contributed by atoms with Gasteiger partial charge < -0.3 is 14.2 Å². The standard InChI is InChI=1S/C17H16N2O4/c1-21-14-8-4-2-6-12(14)10-18-19-17(20)16-13-7-3-5-9-15(13)22-11-23-16/h2-10,16H,11H2,1H3,(H,19,20)/b18-10+. The van der Waals surface area contributed by atoms with Crippen LogP contribution in [0.2, 0.25) is 0 Å². The van der Waals surface area contributed by atoms with Gasteiger partial charge in [0.2, 0.25) is 0 Å². The number of fused-ring (bicyclic) bond motifs is 1. The molecule has 0 aliphatic carbocycles. The fraction of sp³-hybridized carbons (Fsp3) is 0.176. The van der Waals surface area contributed by atoms with Crippen LogP contribution >= 0.6 is 0 Å². The van der Waals surface area contributed by atoms with Gasteiger partial charge in [-0.1, -0.05) is 30.3 Å². The van der Waals surface area contributed by atoms with Crippen molar-refractivity contribution in [2.24, 2.45) is 5.10 Å². The second-order valence-corrected chi connectivity index (χ2v) is 4.82. The first-order valence-corrected chi connectivity index (χ1v) is 7.09. The molecule has 1 heterocycles. The van der Waals surface area contributed by atoms with Crippen LogP contribution in [-0.4, -0.2) is 26.0 Å². The first-order chi connectivity index (χ1) is 11.3. The zero-order valence-corrected chi connectivity index (χ0v) is 12.6. The van der Waals surface area contributed by atoms with Crippen LogP contribution in [0.4, 0.5) is 0 Å². The van der Waals surface area contributed by atoms with E-state index in [1.54, 1.807) is 19.2 Å². The Kier molecular flexibility index (Phi) is 4.54. The van der Waals surface area contributed by atoms with Crippen molar-refractivity contribution in [1.82, 2.24) is 5.43 Å². The highest BCUT2D eigenvalue weighted by Gasteiger charge is 2.28. The van der Waals surface area contributed by atoms with Crippen LogP contribution in [0.5, 0.6) is 11.5 Å². The minimum Gasteiger partial charge on any atom is -0.496 e. The molecule has 1 aliphatic rings. The van der Waals surface area contributed by atoms with Gasteiger partial charge in [0.05, 0.1) is 13.3 Å². The van der Waals surface area contributed by atoms with Crippen LogP contribution < -0.4 is 14.9 Å². The van der Waals surface area contributed by atoms with Crippen LogP contribution in [0.25, 0.3) is 0 Å². The fourth-order valence-electron chi connectivity index (χ4n) is 2.30. The van der Waals surface area contributed by atoms with Crippen LogP contribution in [0.3, 0.4) is 0 Å². The lowest BCUT2D eigenvalue weighted by Gasteiger charge is -2.24. The van der Waals surface area contributed by atoms with Crippen molar-refractivity contribution in [3.63, 3.8) is 0 Å². The maximum Gasteiger partial charge on any atom is 0.274 e. The van der Waals surface area contributed by atoms with E-state index in [9.17, 15) is 4.79 Å². The van der Waals surface area contributed by atoms with E-state index in [0.29, 0.717) is 17.1 Å². The summed E-state index contributed by atoms with van der Waals surface area (Å²) in [6, 6.07) is 14.7. The lowest BCUT2D eigenvalue weighted by Crippen LogP contribution is -2.31. The monoisotopic (exact) mass is 312 g/mol. The van der Waals surface area contributed by atoms with Gasteiger partial charge in [0.1, 0.15) is 11.5 Å². The molecule has 0 fully saturated rings. The molecule has 1 aliphatic heterocycles. The Morgan fingerprint density at radius 1 is 1.26 bits per heavy atom. The van der Waals surface area contributed by atoms with Gasteiger partial charge in [-0.2, -0.15) is 5.10 Å². The lowest BCUT2D eigenvalue weighted by molar-refractivity contribution is -0.142. The Labute approximate surface area is 133 Å². The molecule has 0 spiro atoms. The number of amides is 1. The van der Waals surface area contributed by atoms with Crippen molar-refractivity contribution in [3.05, 3.63) is 59.7 Å². The average molecular weight is 312 g/mol. The Morgan fingerprint density at radius 2 is 2.04 bits per heavy atom. The highest BCUT2D eigenvalue weighted by Crippen LogP contribution is 2.31. The third-order valence-corrected chi connectivity index (χ3v) is 3.41. The molecule has 2 aromatic carbocycles. The van der Waals surface area contributed by atoms with Crippen molar-refractivity contribution < 1.29 is 19.0 Å². The van der Waals surface area contributed by atoms with Crippen LogP contribution in [0, 0.1) is 0 Å². The number of hydrogen-bond acceptors (Lipinski definition) is 5. The van der Waals surface area contributed by atoms with Crippen molar-refractivity contribution in [3.8, 4) is 11.5 Å². The molecule has 1 unspecified atom stereocenters. The molecule has 0 bridgehead atoms. The molecule has 0 saturated heterocycles. The smallest absolute Gasteiger partial charge is 0.274 e. The van der Waals surface area contributed by atoms with Gasteiger partial charge in [0.25, 0.3) is 5.91 Å². The maximum atomic E-state index is 12.3. The average Bonchev–Trinajstić information content (AvgIpc) is 2.61. The number of nitrogens with zero attached hydrogens (tertiary/aromatic N) is 1. The summed E-state index contributed by atoms with van der Waals surface area (Å²) in [4.78, 5) is 12.3. The zero-order chi connectivity index (χ0) is 16.1. The molecule has 0 radical (unpaired) electrons. The van der Waals surface area contributed by atoms with Gasteiger partial charge in [-0.05, 0) is 18.2 Å². The van der Waals surface area contributed by atoms with Crippen molar-refractivity contribution in [2.75, 3.05) is 13.9 Å². The number of methoxy groups -OCH3 is 1. The SMILES string of the molecule is COc1ccccc1/C=N/NC(=O)C1OCOc2ccccc21. The summed E-state index contributed by atoms with van der Waals surface area (Å²) in [7, 11) is 1.58. The third kappa shape index (κ3) is 3.32. The summed E-state index contributed by atoms with van der Waals surface area (Å²) in [5, 5.41) is 3.97. The van der Waals surface area contributed by atoms with Gasteiger partial charge in [-0.15, -0.1) is 0 Å². The Hall–Kier alpha value is -2.86. The van der Waals surface area contributed by atoms with Crippen LogP contribution in [-0.2, 0) is 9.53 Å². The summed E-state index contributed by atoms with van der Waals surface area (Å²) >= 11 is 0. The predicted molar refractivity (Wildman–Crippen MR) is 84.5 cm³/mol. The van der Waals surface area contributed by atoms with E-state index in [4.69, 9.17) is 14.2 Å². The highest BCUT2D eigenvalue weighted by molar-refractivity contribution is 5.87. The van der Waals surface area contributed by atoms with E-state index < -0.39 is 6.10 Å². The summed E-state index contributed by atoms with van der Waals surface area (Å²) in [5.41, 5.74) is 3.94. The quantitative estimate of drug-likeness (QED) is 0.694. The Balaban J connectivity index is 1.70. The van der Waals surface area contributed by atoms with Crippen LogP contribution in [0.15, 0.2) is 53.6 Å².